The van der Waals surface area contributed by atoms with Crippen molar-refractivity contribution in [3.05, 3.63) is 44.8 Å². The number of H-pyrrole nitrogens is 1. The van der Waals surface area contributed by atoms with E-state index in [0.717, 1.165) is 25.7 Å². The number of unbranched alkanes of at least 4 members (excludes halogenated alkanes) is 2. The lowest BCUT2D eigenvalue weighted by molar-refractivity contribution is 0.204. The Labute approximate surface area is 169 Å². The zero-order chi connectivity index (χ0) is 20.9. The number of hydrogen-bond donors (Lipinski definition) is 1. The van der Waals surface area contributed by atoms with Crippen LogP contribution in [-0.2, 0) is 4.43 Å². The van der Waals surface area contributed by atoms with Crippen molar-refractivity contribution in [1.29, 1.82) is 0 Å². The molecule has 0 aromatic carbocycles. The fraction of sp³-hybridized carbons (Fsp3) is 0.636. The maximum atomic E-state index is 12.5. The lowest BCUT2D eigenvalue weighted by Gasteiger charge is -2.37. The number of rotatable bonds is 6. The summed E-state index contributed by atoms with van der Waals surface area (Å²) in [7, 11) is -1.86. The Morgan fingerprint density at radius 2 is 2.04 bits per heavy atom. The van der Waals surface area contributed by atoms with Crippen LogP contribution >= 0.6 is 0 Å². The molecule has 0 saturated carbocycles. The number of nitrogens with zero attached hydrogens (tertiary/aromatic N) is 1. The van der Waals surface area contributed by atoms with Crippen molar-refractivity contribution in [2.75, 3.05) is 6.61 Å². The first-order valence-electron chi connectivity index (χ1n) is 10.2. The quantitative estimate of drug-likeness (QED) is 0.335. The van der Waals surface area contributed by atoms with Gasteiger partial charge in [-0.15, -0.1) is 0 Å². The Balaban J connectivity index is 2.23. The van der Waals surface area contributed by atoms with E-state index < -0.39 is 19.6 Å². The van der Waals surface area contributed by atoms with E-state index in [1.165, 1.54) is 0 Å². The van der Waals surface area contributed by atoms with E-state index in [2.05, 4.69) is 63.7 Å². The molecule has 1 aromatic rings. The maximum Gasteiger partial charge on any atom is 0.328 e. The highest BCUT2D eigenvalue weighted by Gasteiger charge is 2.38. The average molecular weight is 403 g/mol. The zero-order valence-electron chi connectivity index (χ0n) is 18.1. The molecule has 6 heteroatoms. The molecule has 2 rings (SSSR count). The second-order valence-electron chi connectivity index (χ2n) is 9.10. The van der Waals surface area contributed by atoms with Gasteiger partial charge in [0.1, 0.15) is 5.56 Å². The van der Waals surface area contributed by atoms with Crippen molar-refractivity contribution >= 4 is 8.32 Å². The van der Waals surface area contributed by atoms with Gasteiger partial charge in [-0.05, 0) is 31.0 Å². The van der Waals surface area contributed by atoms with Crippen molar-refractivity contribution in [2.45, 2.75) is 77.6 Å². The molecule has 0 spiro atoms. The van der Waals surface area contributed by atoms with Gasteiger partial charge in [0.05, 0.1) is 6.04 Å². The number of allylic oxidation sites excluding steroid dienone is 2. The molecule has 0 radical (unpaired) electrons. The van der Waals surface area contributed by atoms with Crippen LogP contribution in [0.25, 0.3) is 0 Å². The monoisotopic (exact) mass is 402 g/mol. The van der Waals surface area contributed by atoms with E-state index in [1.807, 2.05) is 6.08 Å². The summed E-state index contributed by atoms with van der Waals surface area (Å²) in [5.41, 5.74) is -0.459. The van der Waals surface area contributed by atoms with Gasteiger partial charge >= 0.3 is 5.69 Å². The predicted molar refractivity (Wildman–Crippen MR) is 117 cm³/mol. The van der Waals surface area contributed by atoms with Crippen LogP contribution in [0.2, 0.25) is 18.1 Å². The van der Waals surface area contributed by atoms with Crippen LogP contribution in [0.5, 0.6) is 0 Å². The number of nitrogens with one attached hydrogen (secondary N) is 1. The van der Waals surface area contributed by atoms with Gasteiger partial charge in [-0.3, -0.25) is 14.3 Å². The summed E-state index contributed by atoms with van der Waals surface area (Å²) in [6.07, 6.45) is 9.42. The predicted octanol–water partition coefficient (Wildman–Crippen LogP) is 4.22. The summed E-state index contributed by atoms with van der Waals surface area (Å²) >= 11 is 0. The second kappa shape index (κ2) is 9.10. The highest BCUT2D eigenvalue weighted by Crippen LogP contribution is 2.38. The summed E-state index contributed by atoms with van der Waals surface area (Å²) < 4.78 is 8.00. The van der Waals surface area contributed by atoms with Crippen molar-refractivity contribution in [2.24, 2.45) is 5.92 Å². The second-order valence-corrected chi connectivity index (χ2v) is 13.9. The van der Waals surface area contributed by atoms with Crippen molar-refractivity contribution in [1.82, 2.24) is 9.55 Å². The summed E-state index contributed by atoms with van der Waals surface area (Å²) in [4.78, 5) is 27.0. The Morgan fingerprint density at radius 1 is 1.32 bits per heavy atom. The van der Waals surface area contributed by atoms with Gasteiger partial charge in [-0.25, -0.2) is 4.79 Å². The largest absolute Gasteiger partial charge is 0.416 e. The third-order valence-corrected chi connectivity index (χ3v) is 10.4. The van der Waals surface area contributed by atoms with Crippen LogP contribution in [0, 0.1) is 17.8 Å². The van der Waals surface area contributed by atoms with E-state index in [9.17, 15) is 9.59 Å². The first kappa shape index (κ1) is 22.4. The average Bonchev–Trinajstić information content (AvgIpc) is 3.06. The molecule has 154 valence electrons. The molecule has 1 heterocycles. The first-order chi connectivity index (χ1) is 13.1. The first-order valence-corrected chi connectivity index (χ1v) is 13.1. The molecule has 1 aromatic heterocycles. The molecule has 0 saturated heterocycles. The highest BCUT2D eigenvalue weighted by atomic mass is 28.4. The summed E-state index contributed by atoms with van der Waals surface area (Å²) in [6, 6.07) is -0.120. The van der Waals surface area contributed by atoms with Gasteiger partial charge in [0.25, 0.3) is 5.56 Å². The molecule has 0 bridgehead atoms. The summed E-state index contributed by atoms with van der Waals surface area (Å²) in [5.74, 6) is 6.14. The van der Waals surface area contributed by atoms with E-state index in [0.29, 0.717) is 12.2 Å². The van der Waals surface area contributed by atoms with Crippen molar-refractivity contribution in [3.8, 4) is 11.8 Å². The van der Waals surface area contributed by atoms with E-state index in [-0.39, 0.29) is 17.0 Å². The fourth-order valence-electron chi connectivity index (χ4n) is 2.93. The lowest BCUT2D eigenvalue weighted by atomic mass is 10.0. The molecule has 5 nitrogen and oxygen atoms in total. The zero-order valence-corrected chi connectivity index (χ0v) is 19.1. The van der Waals surface area contributed by atoms with E-state index in [1.54, 1.807) is 10.8 Å². The van der Waals surface area contributed by atoms with Gasteiger partial charge < -0.3 is 4.43 Å². The normalized spacial score (nSPS) is 19.5. The molecule has 0 amide bonds. The van der Waals surface area contributed by atoms with E-state index >= 15 is 0 Å². The van der Waals surface area contributed by atoms with Gasteiger partial charge in [-0.2, -0.15) is 0 Å². The smallest absolute Gasteiger partial charge is 0.328 e. The van der Waals surface area contributed by atoms with Gasteiger partial charge in [0, 0.05) is 25.1 Å². The lowest BCUT2D eigenvalue weighted by Crippen LogP contribution is -2.43. The molecular weight excluding hydrogens is 368 g/mol. The van der Waals surface area contributed by atoms with Crippen LogP contribution in [0.3, 0.4) is 0 Å². The van der Waals surface area contributed by atoms with Gasteiger partial charge in [-0.1, -0.05) is 58.1 Å². The minimum absolute atomic E-state index is 0.120. The van der Waals surface area contributed by atoms with Crippen LogP contribution in [0.15, 0.2) is 27.9 Å². The van der Waals surface area contributed by atoms with Crippen LogP contribution < -0.4 is 11.2 Å². The van der Waals surface area contributed by atoms with Crippen LogP contribution in [0.4, 0.5) is 0 Å². The number of hydrogen-bond acceptors (Lipinski definition) is 3. The highest BCUT2D eigenvalue weighted by molar-refractivity contribution is 6.74. The molecule has 0 fully saturated rings. The molecule has 28 heavy (non-hydrogen) atoms. The van der Waals surface area contributed by atoms with Gasteiger partial charge in [0.2, 0.25) is 0 Å². The number of aromatic nitrogens is 2. The third kappa shape index (κ3) is 5.36. The molecule has 1 aliphatic carbocycles. The molecule has 1 aliphatic rings. The van der Waals surface area contributed by atoms with Gasteiger partial charge in [0.15, 0.2) is 8.32 Å². The van der Waals surface area contributed by atoms with Crippen LogP contribution in [-0.4, -0.2) is 24.5 Å². The number of aromatic amines is 1. The Hall–Kier alpha value is -1.84. The summed E-state index contributed by atoms with van der Waals surface area (Å²) in [6.45, 7) is 13.9. The standard InChI is InChI=1S/C22H34N2O3Si/c1-7-8-9-10-12-17-15-24(21(26)23-20(17)25)19-14-11-13-18(19)16-27-28(5,6)22(2,3)4/h11,14-15,18-19H,7-9,13,16H2,1-6H3,(H,23,25,26)/t18-,19-/m0/s1. The molecule has 1 N–H and O–H groups in total. The van der Waals surface area contributed by atoms with Crippen LogP contribution in [0.1, 0.15) is 65.0 Å². The molecular formula is C22H34N2O3Si. The minimum Gasteiger partial charge on any atom is -0.416 e. The molecule has 0 aliphatic heterocycles. The third-order valence-electron chi connectivity index (χ3n) is 5.89. The fourth-order valence-corrected chi connectivity index (χ4v) is 3.99. The van der Waals surface area contributed by atoms with Crippen molar-refractivity contribution in [3.63, 3.8) is 0 Å². The Morgan fingerprint density at radius 3 is 2.68 bits per heavy atom. The van der Waals surface area contributed by atoms with E-state index in [4.69, 9.17) is 4.43 Å². The Kier molecular flexibility index (Phi) is 7.30. The topological polar surface area (TPSA) is 64.1 Å². The maximum absolute atomic E-state index is 12.5. The minimum atomic E-state index is -1.86. The Bertz CT molecular complexity index is 878. The molecule has 2 atom stereocenters. The van der Waals surface area contributed by atoms with Crippen molar-refractivity contribution < 1.29 is 4.43 Å². The molecule has 0 unspecified atom stereocenters. The summed E-state index contributed by atoms with van der Waals surface area (Å²) in [5, 5.41) is 0.143. The SMILES string of the molecule is CCCCC#Cc1cn([C@H]2C=CC[C@H]2CO[Si](C)(C)C(C)(C)C)c(=O)[nH]c1=O.